The van der Waals surface area contributed by atoms with E-state index in [0.717, 1.165) is 17.8 Å². The Kier molecular flexibility index (Phi) is 5.54. The van der Waals surface area contributed by atoms with Crippen molar-refractivity contribution in [3.63, 3.8) is 0 Å². The number of hydrogen-bond donors (Lipinski definition) is 0. The first-order valence-corrected chi connectivity index (χ1v) is 7.69. The van der Waals surface area contributed by atoms with Gasteiger partial charge in [-0.3, -0.25) is 19.2 Å². The molecule has 0 aromatic carbocycles. The minimum Gasteiger partial charge on any atom is -0.468 e. The zero-order chi connectivity index (χ0) is 17.0. The molecule has 1 fully saturated rings. The summed E-state index contributed by atoms with van der Waals surface area (Å²) in [5.74, 6) is -0.432. The Balaban J connectivity index is 2.01. The number of ether oxygens (including phenoxy) is 1. The lowest BCUT2D eigenvalue weighted by Crippen LogP contribution is -2.56. The number of aromatic nitrogens is 2. The molecular formula is C16H24N4O3. The van der Waals surface area contributed by atoms with Crippen molar-refractivity contribution in [1.29, 1.82) is 0 Å². The van der Waals surface area contributed by atoms with Crippen LogP contribution >= 0.6 is 0 Å². The van der Waals surface area contributed by atoms with E-state index in [2.05, 4.69) is 21.3 Å². The maximum absolute atomic E-state index is 12.4. The van der Waals surface area contributed by atoms with E-state index in [4.69, 9.17) is 0 Å². The molecule has 0 aliphatic carbocycles. The fourth-order valence-electron chi connectivity index (χ4n) is 2.73. The average Bonchev–Trinajstić information content (AvgIpc) is 2.86. The number of esters is 1. The van der Waals surface area contributed by atoms with Gasteiger partial charge in [-0.15, -0.1) is 6.58 Å². The summed E-state index contributed by atoms with van der Waals surface area (Å²) in [5, 5.41) is 4.44. The fourth-order valence-corrected chi connectivity index (χ4v) is 2.73. The van der Waals surface area contributed by atoms with Gasteiger partial charge in [-0.25, -0.2) is 0 Å². The number of allylic oxidation sites excluding steroid dienone is 1. The molecule has 1 saturated heterocycles. The van der Waals surface area contributed by atoms with Crippen molar-refractivity contribution in [2.24, 2.45) is 0 Å². The van der Waals surface area contributed by atoms with Crippen molar-refractivity contribution in [2.75, 3.05) is 26.7 Å². The minimum absolute atomic E-state index is 0.0177. The molecule has 2 rings (SSSR count). The second-order valence-electron chi connectivity index (χ2n) is 5.73. The molecule has 1 aliphatic rings. The zero-order valence-electron chi connectivity index (χ0n) is 14.0. The highest BCUT2D eigenvalue weighted by Crippen LogP contribution is 2.17. The quantitative estimate of drug-likeness (QED) is 0.567. The molecule has 0 N–H and O–H groups in total. The van der Waals surface area contributed by atoms with Crippen LogP contribution in [0.25, 0.3) is 0 Å². The molecule has 7 heteroatoms. The maximum Gasteiger partial charge on any atom is 0.325 e. The third-order valence-electron chi connectivity index (χ3n) is 4.16. The Morgan fingerprint density at radius 2 is 2.26 bits per heavy atom. The van der Waals surface area contributed by atoms with Gasteiger partial charge in [-0.2, -0.15) is 5.10 Å². The van der Waals surface area contributed by atoms with E-state index in [0.29, 0.717) is 19.6 Å². The van der Waals surface area contributed by atoms with Crippen LogP contribution in [0.2, 0.25) is 0 Å². The Morgan fingerprint density at radius 3 is 2.91 bits per heavy atom. The highest BCUT2D eigenvalue weighted by molar-refractivity contribution is 5.86. The first kappa shape index (κ1) is 17.2. The number of nitrogens with zero attached hydrogens (tertiary/aromatic N) is 4. The molecule has 7 nitrogen and oxygen atoms in total. The van der Waals surface area contributed by atoms with Crippen LogP contribution in [0.15, 0.2) is 18.9 Å². The van der Waals surface area contributed by atoms with Crippen molar-refractivity contribution in [3.8, 4) is 0 Å². The van der Waals surface area contributed by atoms with E-state index >= 15 is 0 Å². The van der Waals surface area contributed by atoms with Gasteiger partial charge in [0, 0.05) is 31.4 Å². The smallest absolute Gasteiger partial charge is 0.325 e. The molecule has 1 aliphatic heterocycles. The standard InChI is InChI=1S/C16H24N4O3/c1-5-6-20-10-14(12(2)17-20)9-18-7-8-19(11-15(21)23-4)16(22)13(18)3/h5,10,13H,1,6-9,11H2,2-4H3. The van der Waals surface area contributed by atoms with Crippen molar-refractivity contribution < 1.29 is 14.3 Å². The average molecular weight is 320 g/mol. The Morgan fingerprint density at radius 1 is 1.52 bits per heavy atom. The molecular weight excluding hydrogens is 296 g/mol. The highest BCUT2D eigenvalue weighted by Gasteiger charge is 2.32. The molecule has 1 atom stereocenters. The second kappa shape index (κ2) is 7.41. The Hall–Kier alpha value is -2.15. The summed E-state index contributed by atoms with van der Waals surface area (Å²) in [5.41, 5.74) is 2.07. The molecule has 2 heterocycles. The number of carbonyl (C=O) groups excluding carboxylic acids is 2. The molecule has 1 aromatic heterocycles. The van der Waals surface area contributed by atoms with Gasteiger partial charge in [0.05, 0.1) is 25.4 Å². The van der Waals surface area contributed by atoms with Crippen LogP contribution < -0.4 is 0 Å². The van der Waals surface area contributed by atoms with E-state index in [9.17, 15) is 9.59 Å². The van der Waals surface area contributed by atoms with Crippen molar-refractivity contribution in [1.82, 2.24) is 19.6 Å². The van der Waals surface area contributed by atoms with Crippen LogP contribution in [0.4, 0.5) is 0 Å². The third kappa shape index (κ3) is 3.98. The Labute approximate surface area is 136 Å². The molecule has 1 unspecified atom stereocenters. The molecule has 23 heavy (non-hydrogen) atoms. The summed E-state index contributed by atoms with van der Waals surface area (Å²) < 4.78 is 6.48. The van der Waals surface area contributed by atoms with Gasteiger partial charge >= 0.3 is 5.97 Å². The molecule has 0 saturated carbocycles. The molecule has 0 radical (unpaired) electrons. The van der Waals surface area contributed by atoms with Gasteiger partial charge in [-0.05, 0) is 13.8 Å². The second-order valence-corrected chi connectivity index (χ2v) is 5.73. The summed E-state index contributed by atoms with van der Waals surface area (Å²) in [4.78, 5) is 27.4. The van der Waals surface area contributed by atoms with Gasteiger partial charge in [0.25, 0.3) is 0 Å². The number of aryl methyl sites for hydroxylation is 1. The van der Waals surface area contributed by atoms with Gasteiger partial charge in [0.15, 0.2) is 0 Å². The van der Waals surface area contributed by atoms with Crippen molar-refractivity contribution in [2.45, 2.75) is 33.0 Å². The first-order valence-electron chi connectivity index (χ1n) is 7.69. The zero-order valence-corrected chi connectivity index (χ0v) is 14.0. The molecule has 0 bridgehead atoms. The van der Waals surface area contributed by atoms with Crippen LogP contribution in [0.3, 0.4) is 0 Å². The van der Waals surface area contributed by atoms with Crippen LogP contribution in [0, 0.1) is 6.92 Å². The normalized spacial score (nSPS) is 19.0. The fraction of sp³-hybridized carbons (Fsp3) is 0.562. The topological polar surface area (TPSA) is 67.7 Å². The summed E-state index contributed by atoms with van der Waals surface area (Å²) in [6.45, 7) is 10.1. The van der Waals surface area contributed by atoms with Crippen molar-refractivity contribution in [3.05, 3.63) is 30.1 Å². The number of hydrogen-bond acceptors (Lipinski definition) is 5. The summed E-state index contributed by atoms with van der Waals surface area (Å²) in [6.07, 6.45) is 3.79. The lowest BCUT2D eigenvalue weighted by Gasteiger charge is -2.38. The maximum atomic E-state index is 12.4. The van der Waals surface area contributed by atoms with Crippen molar-refractivity contribution >= 4 is 11.9 Å². The number of piperazine rings is 1. The van der Waals surface area contributed by atoms with Gasteiger partial charge in [-0.1, -0.05) is 6.08 Å². The Bertz CT molecular complexity index is 596. The molecule has 1 aromatic rings. The lowest BCUT2D eigenvalue weighted by atomic mass is 10.1. The molecule has 0 spiro atoms. The SMILES string of the molecule is C=CCn1cc(CN2CCN(CC(=O)OC)C(=O)C2C)c(C)n1. The lowest BCUT2D eigenvalue weighted by molar-refractivity contribution is -0.151. The van der Waals surface area contributed by atoms with E-state index in [1.54, 1.807) is 11.0 Å². The summed E-state index contributed by atoms with van der Waals surface area (Å²) in [7, 11) is 1.33. The van der Waals surface area contributed by atoms with Crippen LogP contribution in [0.5, 0.6) is 0 Å². The van der Waals surface area contributed by atoms with Gasteiger partial charge in [0.1, 0.15) is 6.54 Å². The number of carbonyl (C=O) groups is 2. The molecule has 126 valence electrons. The van der Waals surface area contributed by atoms with Gasteiger partial charge < -0.3 is 9.64 Å². The highest BCUT2D eigenvalue weighted by atomic mass is 16.5. The predicted octanol–water partition coefficient (Wildman–Crippen LogP) is 0.583. The molecule has 1 amide bonds. The summed E-state index contributed by atoms with van der Waals surface area (Å²) in [6, 6.07) is -0.268. The summed E-state index contributed by atoms with van der Waals surface area (Å²) >= 11 is 0. The monoisotopic (exact) mass is 320 g/mol. The van der Waals surface area contributed by atoms with E-state index in [-0.39, 0.29) is 24.5 Å². The van der Waals surface area contributed by atoms with Crippen LogP contribution in [-0.4, -0.2) is 64.2 Å². The number of amides is 1. The largest absolute Gasteiger partial charge is 0.468 e. The van der Waals surface area contributed by atoms with E-state index in [1.165, 1.54) is 7.11 Å². The van der Waals surface area contributed by atoms with Gasteiger partial charge in [0.2, 0.25) is 5.91 Å². The minimum atomic E-state index is -0.388. The predicted molar refractivity (Wildman–Crippen MR) is 85.6 cm³/mol. The van der Waals surface area contributed by atoms with E-state index < -0.39 is 0 Å². The van der Waals surface area contributed by atoms with E-state index in [1.807, 2.05) is 24.7 Å². The first-order chi connectivity index (χ1) is 11.0. The number of rotatable bonds is 6. The number of methoxy groups -OCH3 is 1. The van der Waals surface area contributed by atoms with Crippen LogP contribution in [0.1, 0.15) is 18.2 Å². The van der Waals surface area contributed by atoms with Crippen LogP contribution in [-0.2, 0) is 27.4 Å². The third-order valence-corrected chi connectivity index (χ3v) is 4.16.